The molecule has 0 spiro atoms. The average Bonchev–Trinajstić information content (AvgIpc) is 2.95. The van der Waals surface area contributed by atoms with Crippen molar-refractivity contribution in [2.45, 2.75) is 31.0 Å². The first-order valence-electron chi connectivity index (χ1n) is 7.41. The van der Waals surface area contributed by atoms with Crippen molar-refractivity contribution in [1.82, 2.24) is 4.90 Å². The molecule has 0 aromatic carbocycles. The van der Waals surface area contributed by atoms with Crippen molar-refractivity contribution >= 4 is 13.3 Å². The van der Waals surface area contributed by atoms with Gasteiger partial charge in [-0.3, -0.25) is 14.3 Å². The summed E-state index contributed by atoms with van der Waals surface area (Å²) in [4.78, 5) is 24.0. The van der Waals surface area contributed by atoms with E-state index in [1.165, 1.54) is 0 Å². The minimum atomic E-state index is -3.76. The van der Waals surface area contributed by atoms with Gasteiger partial charge in [-0.2, -0.15) is 0 Å². The molecule has 0 amide bonds. The standard InChI is InChI=1S/C14H23N2O5P/c15-6-2-1-5-14(13(17)18)11-16(7-9-22(14,19)20)10-12-4-3-8-21-12/h3-4,8H,1-2,5-7,9-11,15H2,(H,17,18)(H,19,20). The van der Waals surface area contributed by atoms with Gasteiger partial charge in [0.2, 0.25) is 7.37 Å². The van der Waals surface area contributed by atoms with Gasteiger partial charge in [-0.1, -0.05) is 6.42 Å². The number of furan rings is 1. The fraction of sp³-hybridized carbons (Fsp3) is 0.643. The number of rotatable bonds is 7. The van der Waals surface area contributed by atoms with E-state index < -0.39 is 18.5 Å². The Morgan fingerprint density at radius 2 is 2.27 bits per heavy atom. The van der Waals surface area contributed by atoms with E-state index in [0.717, 1.165) is 5.76 Å². The Morgan fingerprint density at radius 3 is 2.86 bits per heavy atom. The number of unbranched alkanes of at least 4 members (excludes halogenated alkanes) is 1. The second kappa shape index (κ2) is 6.96. The molecule has 4 N–H and O–H groups in total. The van der Waals surface area contributed by atoms with Crippen molar-refractivity contribution in [3.8, 4) is 0 Å². The molecular formula is C14H23N2O5P. The Kier molecular flexibility index (Phi) is 5.45. The van der Waals surface area contributed by atoms with Gasteiger partial charge >= 0.3 is 5.97 Å². The van der Waals surface area contributed by atoms with Gasteiger partial charge in [0.05, 0.1) is 12.8 Å². The molecule has 22 heavy (non-hydrogen) atoms. The van der Waals surface area contributed by atoms with Crippen LogP contribution in [0, 0.1) is 0 Å². The van der Waals surface area contributed by atoms with Gasteiger partial charge in [0.25, 0.3) is 0 Å². The van der Waals surface area contributed by atoms with Crippen molar-refractivity contribution in [2.75, 3.05) is 25.8 Å². The molecule has 124 valence electrons. The lowest BCUT2D eigenvalue weighted by atomic mass is 9.99. The van der Waals surface area contributed by atoms with Crippen LogP contribution in [0.25, 0.3) is 0 Å². The lowest BCUT2D eigenvalue weighted by Gasteiger charge is -2.42. The second-order valence-corrected chi connectivity index (χ2v) is 8.50. The Labute approximate surface area is 129 Å². The van der Waals surface area contributed by atoms with E-state index in [1.54, 1.807) is 12.3 Å². The first-order valence-corrected chi connectivity index (χ1v) is 9.26. The maximum absolute atomic E-state index is 12.6. The van der Waals surface area contributed by atoms with Gasteiger partial charge in [-0.25, -0.2) is 0 Å². The summed E-state index contributed by atoms with van der Waals surface area (Å²) in [6, 6.07) is 3.58. The SMILES string of the molecule is NCCCCC1(C(=O)O)CN(Cc2ccco2)CCP1(=O)O. The highest BCUT2D eigenvalue weighted by Crippen LogP contribution is 2.59. The molecule has 2 unspecified atom stereocenters. The lowest BCUT2D eigenvalue weighted by Crippen LogP contribution is -2.53. The maximum atomic E-state index is 12.6. The Bertz CT molecular complexity index is 547. The molecule has 8 heteroatoms. The van der Waals surface area contributed by atoms with E-state index in [-0.39, 0.29) is 19.1 Å². The number of hydrogen-bond acceptors (Lipinski definition) is 5. The van der Waals surface area contributed by atoms with Crippen LogP contribution in [0.1, 0.15) is 25.0 Å². The second-order valence-electron chi connectivity index (χ2n) is 5.80. The molecule has 0 saturated carbocycles. The van der Waals surface area contributed by atoms with Crippen molar-refractivity contribution in [3.05, 3.63) is 24.2 Å². The summed E-state index contributed by atoms with van der Waals surface area (Å²) in [6.45, 7) is 1.34. The summed E-state index contributed by atoms with van der Waals surface area (Å²) in [7, 11) is -3.76. The van der Waals surface area contributed by atoms with Crippen LogP contribution in [0.5, 0.6) is 0 Å². The predicted octanol–water partition coefficient (Wildman–Crippen LogP) is 1.32. The van der Waals surface area contributed by atoms with Crippen LogP contribution in [-0.2, 0) is 15.9 Å². The summed E-state index contributed by atoms with van der Waals surface area (Å²) in [5, 5.41) is 8.05. The fourth-order valence-corrected chi connectivity index (χ4v) is 5.16. The van der Waals surface area contributed by atoms with Crippen LogP contribution >= 0.6 is 7.37 Å². The molecule has 2 heterocycles. The van der Waals surface area contributed by atoms with Crippen LogP contribution in [0.15, 0.2) is 22.8 Å². The first-order chi connectivity index (χ1) is 10.4. The molecule has 1 aliphatic rings. The van der Waals surface area contributed by atoms with Crippen molar-refractivity contribution < 1.29 is 23.8 Å². The highest BCUT2D eigenvalue weighted by molar-refractivity contribution is 7.61. The van der Waals surface area contributed by atoms with E-state index in [0.29, 0.717) is 32.5 Å². The summed E-state index contributed by atoms with van der Waals surface area (Å²) < 4.78 is 17.8. The maximum Gasteiger partial charge on any atom is 0.320 e. The summed E-state index contributed by atoms with van der Waals surface area (Å²) in [5.41, 5.74) is 5.45. The van der Waals surface area contributed by atoms with E-state index in [2.05, 4.69) is 0 Å². The number of aliphatic carboxylic acids is 1. The van der Waals surface area contributed by atoms with Gasteiger partial charge in [-0.15, -0.1) is 0 Å². The van der Waals surface area contributed by atoms with Crippen molar-refractivity contribution in [1.29, 1.82) is 0 Å². The van der Waals surface area contributed by atoms with Gasteiger partial charge in [0.1, 0.15) is 5.76 Å². The molecule has 2 rings (SSSR count). The first kappa shape index (κ1) is 17.2. The topological polar surface area (TPSA) is 117 Å². The fourth-order valence-electron chi connectivity index (χ4n) is 2.95. The molecule has 1 aliphatic heterocycles. The zero-order valence-corrected chi connectivity index (χ0v) is 13.4. The molecule has 0 aliphatic carbocycles. The quantitative estimate of drug-likeness (QED) is 0.510. The average molecular weight is 330 g/mol. The van der Waals surface area contributed by atoms with Gasteiger partial charge in [0.15, 0.2) is 5.16 Å². The molecule has 0 bridgehead atoms. The number of nitrogens with zero attached hydrogens (tertiary/aromatic N) is 1. The van der Waals surface area contributed by atoms with Gasteiger partial charge < -0.3 is 20.2 Å². The smallest absolute Gasteiger partial charge is 0.320 e. The van der Waals surface area contributed by atoms with E-state index in [1.807, 2.05) is 11.0 Å². The highest BCUT2D eigenvalue weighted by Gasteiger charge is 2.56. The third kappa shape index (κ3) is 3.43. The molecule has 1 aromatic heterocycles. The van der Waals surface area contributed by atoms with Gasteiger partial charge in [-0.05, 0) is 31.5 Å². The predicted molar refractivity (Wildman–Crippen MR) is 81.9 cm³/mol. The molecule has 1 saturated heterocycles. The van der Waals surface area contributed by atoms with Crippen molar-refractivity contribution in [3.63, 3.8) is 0 Å². The Morgan fingerprint density at radius 1 is 1.50 bits per heavy atom. The minimum Gasteiger partial charge on any atom is -0.480 e. The Balaban J connectivity index is 2.18. The van der Waals surface area contributed by atoms with Crippen LogP contribution in [0.2, 0.25) is 0 Å². The summed E-state index contributed by atoms with van der Waals surface area (Å²) >= 11 is 0. The third-order valence-corrected chi connectivity index (χ3v) is 6.98. The normalized spacial score (nSPS) is 29.5. The molecule has 2 atom stereocenters. The summed E-state index contributed by atoms with van der Waals surface area (Å²) in [6.07, 6.45) is 2.89. The number of nitrogens with two attached hydrogens (primary N) is 1. The number of hydrogen-bond donors (Lipinski definition) is 3. The molecule has 1 fully saturated rings. The van der Waals surface area contributed by atoms with E-state index >= 15 is 0 Å². The number of carboxylic acids is 1. The highest BCUT2D eigenvalue weighted by atomic mass is 31.2. The van der Waals surface area contributed by atoms with E-state index in [9.17, 15) is 19.4 Å². The third-order valence-electron chi connectivity index (χ3n) is 4.28. The molecule has 7 nitrogen and oxygen atoms in total. The van der Waals surface area contributed by atoms with Crippen LogP contribution in [0.3, 0.4) is 0 Å². The number of carbonyl (C=O) groups is 1. The van der Waals surface area contributed by atoms with Crippen LogP contribution in [-0.4, -0.2) is 51.8 Å². The zero-order valence-electron chi connectivity index (χ0n) is 12.5. The Hall–Kier alpha value is -1.14. The minimum absolute atomic E-state index is 0.0113. The monoisotopic (exact) mass is 330 g/mol. The van der Waals surface area contributed by atoms with Crippen molar-refractivity contribution in [2.24, 2.45) is 5.73 Å². The number of carboxylic acid groups (broad SMARTS) is 1. The van der Waals surface area contributed by atoms with E-state index in [4.69, 9.17) is 10.2 Å². The van der Waals surface area contributed by atoms with Crippen LogP contribution < -0.4 is 5.73 Å². The molecular weight excluding hydrogens is 307 g/mol. The van der Waals surface area contributed by atoms with Crippen LogP contribution in [0.4, 0.5) is 0 Å². The summed E-state index contributed by atoms with van der Waals surface area (Å²) in [5.74, 6) is -0.476. The largest absolute Gasteiger partial charge is 0.480 e. The molecule has 1 aromatic rings. The zero-order chi connectivity index (χ0) is 16.2. The van der Waals surface area contributed by atoms with Gasteiger partial charge in [0, 0.05) is 19.3 Å². The molecule has 0 radical (unpaired) electrons. The lowest BCUT2D eigenvalue weighted by molar-refractivity contribution is -0.141.